The fourth-order valence-corrected chi connectivity index (χ4v) is 2.88. The topological polar surface area (TPSA) is 40.5 Å². The summed E-state index contributed by atoms with van der Waals surface area (Å²) in [6, 6.07) is 8.18. The van der Waals surface area contributed by atoms with E-state index in [4.69, 9.17) is 5.11 Å². The molecule has 1 heterocycles. The van der Waals surface area contributed by atoms with Crippen molar-refractivity contribution in [2.45, 2.75) is 19.5 Å². The largest absolute Gasteiger partial charge is 0.478 e. The van der Waals surface area contributed by atoms with Gasteiger partial charge in [0.05, 0.1) is 5.56 Å². The Morgan fingerprint density at radius 2 is 2.20 bits per heavy atom. The third-order valence-corrected chi connectivity index (χ3v) is 4.30. The summed E-state index contributed by atoms with van der Waals surface area (Å²) in [5.74, 6) is -1.63. The monoisotopic (exact) mass is 293 g/mol. The molecule has 1 unspecified atom stereocenters. The number of benzene rings is 1. The predicted molar refractivity (Wildman–Crippen MR) is 77.6 cm³/mol. The maximum atomic E-state index is 13.4. The maximum absolute atomic E-state index is 13.4. The van der Waals surface area contributed by atoms with E-state index in [-0.39, 0.29) is 11.6 Å². The Balaban J connectivity index is 2.15. The summed E-state index contributed by atoms with van der Waals surface area (Å²) < 4.78 is 13.4. The van der Waals surface area contributed by atoms with Gasteiger partial charge in [0.2, 0.25) is 0 Å². The molecule has 0 spiro atoms. The first kappa shape index (κ1) is 14.7. The lowest BCUT2D eigenvalue weighted by Gasteiger charge is -2.24. The van der Waals surface area contributed by atoms with Gasteiger partial charge < -0.3 is 5.11 Å². The lowest BCUT2D eigenvalue weighted by atomic mass is 10.1. The third-order valence-electron chi connectivity index (χ3n) is 3.25. The van der Waals surface area contributed by atoms with Gasteiger partial charge in [-0.15, -0.1) is 11.3 Å². The van der Waals surface area contributed by atoms with Gasteiger partial charge in [0.1, 0.15) is 5.82 Å². The minimum atomic E-state index is -1.11. The number of thiophene rings is 1. The summed E-state index contributed by atoms with van der Waals surface area (Å²) in [4.78, 5) is 14.2. The van der Waals surface area contributed by atoms with Gasteiger partial charge in [-0.2, -0.15) is 0 Å². The molecule has 0 aliphatic heterocycles. The number of rotatable bonds is 5. The SMILES string of the molecule is CC(c1cccs1)N(C)Cc1cc(F)cc(C(=O)O)c1. The van der Waals surface area contributed by atoms with Crippen LogP contribution in [0.3, 0.4) is 0 Å². The van der Waals surface area contributed by atoms with Crippen molar-refractivity contribution in [2.75, 3.05) is 7.05 Å². The summed E-state index contributed by atoms with van der Waals surface area (Å²) in [5.41, 5.74) is 0.644. The van der Waals surface area contributed by atoms with Gasteiger partial charge in [0.15, 0.2) is 0 Å². The number of carbonyl (C=O) groups is 1. The zero-order valence-electron chi connectivity index (χ0n) is 11.3. The van der Waals surface area contributed by atoms with Crippen LogP contribution in [-0.4, -0.2) is 23.0 Å². The van der Waals surface area contributed by atoms with E-state index < -0.39 is 11.8 Å². The van der Waals surface area contributed by atoms with E-state index >= 15 is 0 Å². The van der Waals surface area contributed by atoms with E-state index in [1.807, 2.05) is 18.5 Å². The van der Waals surface area contributed by atoms with Crippen molar-refractivity contribution in [1.82, 2.24) is 4.90 Å². The first-order chi connectivity index (χ1) is 9.47. The number of carboxylic acids is 1. The molecular formula is C15H16FNO2S. The van der Waals surface area contributed by atoms with Crippen LogP contribution in [0.2, 0.25) is 0 Å². The van der Waals surface area contributed by atoms with E-state index in [0.29, 0.717) is 12.1 Å². The van der Waals surface area contributed by atoms with Gasteiger partial charge >= 0.3 is 5.97 Å². The zero-order chi connectivity index (χ0) is 14.7. The van der Waals surface area contributed by atoms with Crippen molar-refractivity contribution >= 4 is 17.3 Å². The summed E-state index contributed by atoms with van der Waals surface area (Å²) in [7, 11) is 1.94. The third kappa shape index (κ3) is 3.43. The van der Waals surface area contributed by atoms with Crippen molar-refractivity contribution in [3.8, 4) is 0 Å². The van der Waals surface area contributed by atoms with Crippen LogP contribution in [0.25, 0.3) is 0 Å². The molecule has 2 aromatic rings. The molecule has 0 radical (unpaired) electrons. The number of hydrogen-bond donors (Lipinski definition) is 1. The van der Waals surface area contributed by atoms with Gasteiger partial charge in [0, 0.05) is 17.5 Å². The van der Waals surface area contributed by atoms with Gasteiger partial charge in [-0.25, -0.2) is 9.18 Å². The number of halogens is 1. The molecule has 0 saturated heterocycles. The first-order valence-electron chi connectivity index (χ1n) is 6.24. The average Bonchev–Trinajstić information content (AvgIpc) is 2.90. The van der Waals surface area contributed by atoms with E-state index in [1.165, 1.54) is 17.0 Å². The molecule has 0 saturated carbocycles. The highest BCUT2D eigenvalue weighted by Gasteiger charge is 2.14. The molecule has 106 valence electrons. The number of hydrogen-bond acceptors (Lipinski definition) is 3. The molecule has 1 aromatic heterocycles. The van der Waals surface area contributed by atoms with Crippen LogP contribution in [0.15, 0.2) is 35.7 Å². The van der Waals surface area contributed by atoms with Crippen molar-refractivity contribution in [3.05, 3.63) is 57.5 Å². The van der Waals surface area contributed by atoms with Gasteiger partial charge in [-0.05, 0) is 49.2 Å². The Hall–Kier alpha value is -1.72. The van der Waals surface area contributed by atoms with Crippen LogP contribution in [0.1, 0.15) is 33.8 Å². The normalized spacial score (nSPS) is 12.6. The van der Waals surface area contributed by atoms with Crippen LogP contribution in [0, 0.1) is 5.82 Å². The summed E-state index contributed by atoms with van der Waals surface area (Å²) in [6.07, 6.45) is 0. The smallest absolute Gasteiger partial charge is 0.335 e. The molecule has 1 N–H and O–H groups in total. The average molecular weight is 293 g/mol. The molecule has 20 heavy (non-hydrogen) atoms. The molecule has 0 fully saturated rings. The highest BCUT2D eigenvalue weighted by atomic mass is 32.1. The Morgan fingerprint density at radius 1 is 1.45 bits per heavy atom. The summed E-state index contributed by atoms with van der Waals surface area (Å²) in [5, 5.41) is 11.0. The Kier molecular flexibility index (Phi) is 4.52. The summed E-state index contributed by atoms with van der Waals surface area (Å²) >= 11 is 1.67. The van der Waals surface area contributed by atoms with E-state index in [9.17, 15) is 9.18 Å². The van der Waals surface area contributed by atoms with E-state index in [0.717, 1.165) is 6.07 Å². The summed E-state index contributed by atoms with van der Waals surface area (Å²) in [6.45, 7) is 2.57. The van der Waals surface area contributed by atoms with Crippen LogP contribution < -0.4 is 0 Å². The Morgan fingerprint density at radius 3 is 2.80 bits per heavy atom. The fraction of sp³-hybridized carbons (Fsp3) is 0.267. The lowest BCUT2D eigenvalue weighted by molar-refractivity contribution is 0.0696. The first-order valence-corrected chi connectivity index (χ1v) is 7.11. The molecule has 0 amide bonds. The molecular weight excluding hydrogens is 277 g/mol. The zero-order valence-corrected chi connectivity index (χ0v) is 12.2. The Bertz CT molecular complexity index is 598. The van der Waals surface area contributed by atoms with E-state index in [1.54, 1.807) is 11.3 Å². The number of carboxylic acid groups (broad SMARTS) is 1. The highest BCUT2D eigenvalue weighted by Crippen LogP contribution is 2.25. The maximum Gasteiger partial charge on any atom is 0.335 e. The second kappa shape index (κ2) is 6.15. The van der Waals surface area contributed by atoms with E-state index in [2.05, 4.69) is 17.9 Å². The molecule has 0 aliphatic rings. The van der Waals surface area contributed by atoms with Crippen LogP contribution in [0.5, 0.6) is 0 Å². The Labute approximate surface area is 121 Å². The molecule has 1 aromatic carbocycles. The quantitative estimate of drug-likeness (QED) is 0.912. The number of aromatic carboxylic acids is 1. The fourth-order valence-electron chi connectivity index (χ4n) is 2.04. The van der Waals surface area contributed by atoms with Gasteiger partial charge in [-0.1, -0.05) is 6.07 Å². The van der Waals surface area contributed by atoms with Crippen LogP contribution in [0.4, 0.5) is 4.39 Å². The standard InChI is InChI=1S/C15H16FNO2S/c1-10(14-4-3-5-20-14)17(2)9-11-6-12(15(18)19)8-13(16)7-11/h3-8,10H,9H2,1-2H3,(H,18,19). The van der Waals surface area contributed by atoms with Gasteiger partial charge in [-0.3, -0.25) is 4.90 Å². The molecule has 1 atom stereocenters. The number of nitrogens with zero attached hydrogens (tertiary/aromatic N) is 1. The van der Waals surface area contributed by atoms with Crippen molar-refractivity contribution < 1.29 is 14.3 Å². The van der Waals surface area contributed by atoms with Gasteiger partial charge in [0.25, 0.3) is 0 Å². The lowest BCUT2D eigenvalue weighted by Crippen LogP contribution is -2.21. The predicted octanol–water partition coefficient (Wildman–Crippen LogP) is 3.78. The minimum Gasteiger partial charge on any atom is -0.478 e. The molecule has 0 bridgehead atoms. The minimum absolute atomic E-state index is 0.0165. The molecule has 3 nitrogen and oxygen atoms in total. The highest BCUT2D eigenvalue weighted by molar-refractivity contribution is 7.10. The molecule has 5 heteroatoms. The van der Waals surface area contributed by atoms with Crippen LogP contribution >= 0.6 is 11.3 Å². The second-order valence-corrected chi connectivity index (χ2v) is 5.74. The van der Waals surface area contributed by atoms with Crippen molar-refractivity contribution in [1.29, 1.82) is 0 Å². The second-order valence-electron chi connectivity index (χ2n) is 4.76. The van der Waals surface area contributed by atoms with Crippen molar-refractivity contribution in [3.63, 3.8) is 0 Å². The van der Waals surface area contributed by atoms with Crippen molar-refractivity contribution in [2.24, 2.45) is 0 Å². The molecule has 2 rings (SSSR count). The molecule has 0 aliphatic carbocycles. The van der Waals surface area contributed by atoms with Crippen LogP contribution in [-0.2, 0) is 6.54 Å².